The lowest BCUT2D eigenvalue weighted by atomic mass is 10.1. The summed E-state index contributed by atoms with van der Waals surface area (Å²) in [5, 5.41) is 11.8. The number of halogens is 3. The van der Waals surface area contributed by atoms with E-state index >= 15 is 0 Å². The Hall–Kier alpha value is -3.69. The highest BCUT2D eigenvalue weighted by atomic mass is 19.1. The highest BCUT2D eigenvalue weighted by Crippen LogP contribution is 2.35. The third kappa shape index (κ3) is 2.38. The Morgan fingerprint density at radius 1 is 1.07 bits per heavy atom. The van der Waals surface area contributed by atoms with E-state index in [1.807, 2.05) is 4.90 Å². The SMILES string of the molecule is CN1Cc2c(-c3nc(-c4cc(F)ccc4F)no3)nnn2-c2c(F)cccc21. The molecule has 2 aromatic heterocycles. The highest BCUT2D eigenvalue weighted by molar-refractivity contribution is 5.68. The van der Waals surface area contributed by atoms with Gasteiger partial charge in [-0.3, -0.25) is 0 Å². The molecule has 3 heterocycles. The Morgan fingerprint density at radius 2 is 1.93 bits per heavy atom. The number of rotatable bonds is 2. The Kier molecular flexibility index (Phi) is 3.48. The summed E-state index contributed by atoms with van der Waals surface area (Å²) in [6.45, 7) is 0.366. The molecular weight excluding hydrogens is 373 g/mol. The molecule has 0 unspecified atom stereocenters. The molecule has 0 atom stereocenters. The van der Waals surface area contributed by atoms with Crippen molar-refractivity contribution in [3.8, 4) is 28.7 Å². The van der Waals surface area contributed by atoms with Gasteiger partial charge in [0.2, 0.25) is 5.82 Å². The molecule has 0 fully saturated rings. The maximum Gasteiger partial charge on any atom is 0.280 e. The summed E-state index contributed by atoms with van der Waals surface area (Å²) >= 11 is 0. The van der Waals surface area contributed by atoms with Crippen LogP contribution in [0.4, 0.5) is 18.9 Å². The Bertz CT molecular complexity index is 1220. The van der Waals surface area contributed by atoms with Gasteiger partial charge in [-0.15, -0.1) is 5.10 Å². The van der Waals surface area contributed by atoms with Crippen molar-refractivity contribution in [2.75, 3.05) is 11.9 Å². The number of para-hydroxylation sites is 1. The number of hydrogen-bond acceptors (Lipinski definition) is 6. The zero-order chi connectivity index (χ0) is 19.4. The standard InChI is InChI=1S/C18H11F3N6O/c1-26-8-14-15(23-25-27(14)16-12(21)3-2-4-13(16)26)18-22-17(24-28-18)10-7-9(19)5-6-11(10)20/h2-7H,8H2,1H3. The number of benzene rings is 2. The molecule has 0 bridgehead atoms. The smallest absolute Gasteiger partial charge is 0.280 e. The summed E-state index contributed by atoms with van der Waals surface area (Å²) in [6, 6.07) is 7.68. The molecule has 7 nitrogen and oxygen atoms in total. The van der Waals surface area contributed by atoms with E-state index in [1.165, 1.54) is 10.7 Å². The second kappa shape index (κ2) is 5.91. The van der Waals surface area contributed by atoms with E-state index in [-0.39, 0.29) is 28.7 Å². The molecule has 0 radical (unpaired) electrons. The van der Waals surface area contributed by atoms with Crippen LogP contribution in [0.5, 0.6) is 0 Å². The van der Waals surface area contributed by atoms with Gasteiger partial charge < -0.3 is 9.42 Å². The van der Waals surface area contributed by atoms with Crippen LogP contribution in [0.2, 0.25) is 0 Å². The number of nitrogens with zero attached hydrogens (tertiary/aromatic N) is 6. The van der Waals surface area contributed by atoms with Crippen molar-refractivity contribution >= 4 is 5.69 Å². The summed E-state index contributed by atoms with van der Waals surface area (Å²) in [5.74, 6) is -1.90. The molecule has 28 heavy (non-hydrogen) atoms. The molecule has 4 aromatic rings. The molecule has 0 amide bonds. The first-order valence-electron chi connectivity index (χ1n) is 8.27. The van der Waals surface area contributed by atoms with Crippen molar-refractivity contribution in [1.82, 2.24) is 25.1 Å². The molecule has 1 aliphatic heterocycles. The quantitative estimate of drug-likeness (QED) is 0.528. The van der Waals surface area contributed by atoms with E-state index in [2.05, 4.69) is 20.5 Å². The normalized spacial score (nSPS) is 12.8. The van der Waals surface area contributed by atoms with Gasteiger partial charge in [-0.2, -0.15) is 4.98 Å². The first-order chi connectivity index (χ1) is 13.5. The van der Waals surface area contributed by atoms with Crippen LogP contribution in [0, 0.1) is 17.5 Å². The minimum absolute atomic E-state index is 0.0203. The monoisotopic (exact) mass is 384 g/mol. The number of anilines is 1. The molecular formula is C18H11F3N6O. The molecule has 0 saturated heterocycles. The second-order valence-corrected chi connectivity index (χ2v) is 6.31. The van der Waals surface area contributed by atoms with Gasteiger partial charge in [0.25, 0.3) is 5.89 Å². The van der Waals surface area contributed by atoms with Crippen LogP contribution < -0.4 is 4.90 Å². The van der Waals surface area contributed by atoms with Gasteiger partial charge in [0.1, 0.15) is 17.3 Å². The third-order valence-electron chi connectivity index (χ3n) is 4.54. The molecule has 1 aliphatic rings. The molecule has 0 saturated carbocycles. The fourth-order valence-electron chi connectivity index (χ4n) is 3.22. The van der Waals surface area contributed by atoms with Crippen LogP contribution in [0.25, 0.3) is 28.7 Å². The average molecular weight is 384 g/mol. The summed E-state index contributed by atoms with van der Waals surface area (Å²) in [7, 11) is 1.81. The van der Waals surface area contributed by atoms with Crippen LogP contribution in [0.15, 0.2) is 40.9 Å². The molecule has 10 heteroatoms. The van der Waals surface area contributed by atoms with Gasteiger partial charge in [-0.1, -0.05) is 16.4 Å². The topological polar surface area (TPSA) is 72.9 Å². The van der Waals surface area contributed by atoms with Crippen LogP contribution in [0.1, 0.15) is 5.69 Å². The minimum Gasteiger partial charge on any atom is -0.367 e. The van der Waals surface area contributed by atoms with E-state index in [1.54, 1.807) is 19.2 Å². The number of hydrogen-bond donors (Lipinski definition) is 0. The fraction of sp³-hybridized carbons (Fsp3) is 0.111. The fourth-order valence-corrected chi connectivity index (χ4v) is 3.22. The van der Waals surface area contributed by atoms with Crippen molar-refractivity contribution in [1.29, 1.82) is 0 Å². The predicted molar refractivity (Wildman–Crippen MR) is 92.1 cm³/mol. The number of aromatic nitrogens is 5. The largest absolute Gasteiger partial charge is 0.367 e. The molecule has 0 aliphatic carbocycles. The van der Waals surface area contributed by atoms with E-state index in [0.29, 0.717) is 17.9 Å². The van der Waals surface area contributed by atoms with Gasteiger partial charge in [-0.25, -0.2) is 17.9 Å². The lowest BCUT2D eigenvalue weighted by Gasteiger charge is -2.27. The highest BCUT2D eigenvalue weighted by Gasteiger charge is 2.30. The lowest BCUT2D eigenvalue weighted by molar-refractivity contribution is 0.430. The zero-order valence-electron chi connectivity index (χ0n) is 14.4. The Morgan fingerprint density at radius 3 is 2.79 bits per heavy atom. The van der Waals surface area contributed by atoms with Crippen molar-refractivity contribution in [3.05, 3.63) is 59.5 Å². The van der Waals surface area contributed by atoms with E-state index in [4.69, 9.17) is 4.52 Å². The first-order valence-corrected chi connectivity index (χ1v) is 8.27. The summed E-state index contributed by atoms with van der Waals surface area (Å²) < 4.78 is 48.4. The first kappa shape index (κ1) is 16.5. The van der Waals surface area contributed by atoms with Crippen molar-refractivity contribution in [3.63, 3.8) is 0 Å². The maximum absolute atomic E-state index is 14.4. The zero-order valence-corrected chi connectivity index (χ0v) is 14.4. The van der Waals surface area contributed by atoms with Gasteiger partial charge in [0.05, 0.1) is 23.5 Å². The summed E-state index contributed by atoms with van der Waals surface area (Å²) in [4.78, 5) is 5.96. The number of fused-ring (bicyclic) bond motifs is 3. The Balaban J connectivity index is 1.62. The molecule has 5 rings (SSSR count). The van der Waals surface area contributed by atoms with Crippen LogP contribution in [0.3, 0.4) is 0 Å². The van der Waals surface area contributed by atoms with Gasteiger partial charge >= 0.3 is 0 Å². The lowest BCUT2D eigenvalue weighted by Crippen LogP contribution is -2.26. The Labute approximate surface area is 156 Å². The van der Waals surface area contributed by atoms with Crippen molar-refractivity contribution in [2.24, 2.45) is 0 Å². The van der Waals surface area contributed by atoms with Crippen molar-refractivity contribution in [2.45, 2.75) is 6.54 Å². The molecule has 2 aromatic carbocycles. The van der Waals surface area contributed by atoms with Crippen LogP contribution in [-0.4, -0.2) is 32.2 Å². The minimum atomic E-state index is -0.686. The second-order valence-electron chi connectivity index (χ2n) is 6.31. The van der Waals surface area contributed by atoms with Crippen LogP contribution in [-0.2, 0) is 6.54 Å². The molecule has 140 valence electrons. The van der Waals surface area contributed by atoms with E-state index < -0.39 is 17.5 Å². The maximum atomic E-state index is 14.4. The van der Waals surface area contributed by atoms with Gasteiger partial charge in [0, 0.05) is 7.05 Å². The molecule has 0 N–H and O–H groups in total. The van der Waals surface area contributed by atoms with E-state index in [0.717, 1.165) is 18.2 Å². The summed E-state index contributed by atoms with van der Waals surface area (Å²) in [5.41, 5.74) is 1.58. The van der Waals surface area contributed by atoms with Crippen molar-refractivity contribution < 1.29 is 17.7 Å². The average Bonchev–Trinajstić information content (AvgIpc) is 3.31. The molecule has 0 spiro atoms. The predicted octanol–water partition coefficient (Wildman–Crippen LogP) is 3.35. The van der Waals surface area contributed by atoms with E-state index in [9.17, 15) is 13.2 Å². The summed E-state index contributed by atoms with van der Waals surface area (Å²) in [6.07, 6.45) is 0. The van der Waals surface area contributed by atoms with Gasteiger partial charge in [-0.05, 0) is 30.3 Å². The van der Waals surface area contributed by atoms with Crippen LogP contribution >= 0.6 is 0 Å². The third-order valence-corrected chi connectivity index (χ3v) is 4.54. The van der Waals surface area contributed by atoms with Gasteiger partial charge in [0.15, 0.2) is 11.5 Å².